The summed E-state index contributed by atoms with van der Waals surface area (Å²) < 4.78 is 5.63. The lowest BCUT2D eigenvalue weighted by Gasteiger charge is -2.36. The maximum atomic E-state index is 13.5. The van der Waals surface area contributed by atoms with Gasteiger partial charge in [0.1, 0.15) is 11.8 Å². The summed E-state index contributed by atoms with van der Waals surface area (Å²) in [6, 6.07) is 5.73. The maximum Gasteiger partial charge on any atom is 0.245 e. The van der Waals surface area contributed by atoms with Gasteiger partial charge in [-0.25, -0.2) is 9.97 Å². The van der Waals surface area contributed by atoms with Gasteiger partial charge in [0.05, 0.1) is 17.8 Å². The number of amides is 2. The Bertz CT molecular complexity index is 1080. The molecular weight excluding hydrogens is 442 g/mol. The van der Waals surface area contributed by atoms with Crippen molar-refractivity contribution in [2.45, 2.75) is 64.8 Å². The van der Waals surface area contributed by atoms with E-state index in [9.17, 15) is 9.59 Å². The van der Waals surface area contributed by atoms with Crippen molar-refractivity contribution in [3.63, 3.8) is 0 Å². The zero-order valence-electron chi connectivity index (χ0n) is 21.0. The van der Waals surface area contributed by atoms with E-state index in [0.717, 1.165) is 93.6 Å². The molecule has 188 valence electrons. The van der Waals surface area contributed by atoms with Gasteiger partial charge in [-0.2, -0.15) is 0 Å². The van der Waals surface area contributed by atoms with Crippen LogP contribution in [0.25, 0.3) is 10.9 Å². The molecule has 2 amide bonds. The smallest absolute Gasteiger partial charge is 0.245 e. The van der Waals surface area contributed by atoms with Gasteiger partial charge in [-0.05, 0) is 76.5 Å². The second-order valence-corrected chi connectivity index (χ2v) is 10.1. The highest BCUT2D eigenvalue weighted by Gasteiger charge is 2.37. The first-order valence-electron chi connectivity index (χ1n) is 13.3. The molecule has 2 aromatic rings. The van der Waals surface area contributed by atoms with E-state index in [1.54, 1.807) is 0 Å². The van der Waals surface area contributed by atoms with Crippen molar-refractivity contribution in [3.8, 4) is 5.75 Å². The molecule has 5 rings (SSSR count). The van der Waals surface area contributed by atoms with Crippen LogP contribution in [0.2, 0.25) is 0 Å². The number of hydrogen-bond acceptors (Lipinski definition) is 6. The van der Waals surface area contributed by atoms with Crippen LogP contribution in [0.4, 0.5) is 5.95 Å². The minimum absolute atomic E-state index is 0.187. The highest BCUT2D eigenvalue weighted by atomic mass is 16.5. The topological polar surface area (TPSA) is 78.9 Å². The van der Waals surface area contributed by atoms with Gasteiger partial charge in [-0.1, -0.05) is 0 Å². The predicted octanol–water partition coefficient (Wildman–Crippen LogP) is 3.56. The molecule has 8 heteroatoms. The second-order valence-electron chi connectivity index (χ2n) is 10.1. The largest absolute Gasteiger partial charge is 0.494 e. The van der Waals surface area contributed by atoms with Crippen molar-refractivity contribution >= 4 is 28.7 Å². The van der Waals surface area contributed by atoms with E-state index in [4.69, 9.17) is 14.7 Å². The summed E-state index contributed by atoms with van der Waals surface area (Å²) in [5.74, 6) is 2.59. The van der Waals surface area contributed by atoms with Crippen molar-refractivity contribution in [1.82, 2.24) is 19.8 Å². The molecule has 0 N–H and O–H groups in total. The lowest BCUT2D eigenvalue weighted by Crippen LogP contribution is -2.49. The van der Waals surface area contributed by atoms with Crippen LogP contribution in [0.15, 0.2) is 18.2 Å². The zero-order valence-corrected chi connectivity index (χ0v) is 21.0. The van der Waals surface area contributed by atoms with Crippen molar-refractivity contribution in [2.75, 3.05) is 44.2 Å². The van der Waals surface area contributed by atoms with Crippen molar-refractivity contribution < 1.29 is 14.3 Å². The summed E-state index contributed by atoms with van der Waals surface area (Å²) >= 11 is 0. The Labute approximate surface area is 207 Å². The van der Waals surface area contributed by atoms with Crippen LogP contribution in [-0.4, -0.2) is 77.0 Å². The molecule has 8 nitrogen and oxygen atoms in total. The normalized spacial score (nSPS) is 21.4. The van der Waals surface area contributed by atoms with Crippen LogP contribution in [-0.2, 0) is 9.59 Å². The minimum Gasteiger partial charge on any atom is -0.494 e. The van der Waals surface area contributed by atoms with Crippen molar-refractivity contribution in [3.05, 3.63) is 23.9 Å². The number of aromatic nitrogens is 2. The predicted molar refractivity (Wildman–Crippen MR) is 136 cm³/mol. The van der Waals surface area contributed by atoms with E-state index in [1.165, 1.54) is 0 Å². The molecule has 0 spiro atoms. The number of ether oxygens (including phenoxy) is 1. The first-order valence-corrected chi connectivity index (χ1v) is 13.3. The minimum atomic E-state index is -0.187. The highest BCUT2D eigenvalue weighted by Crippen LogP contribution is 2.30. The molecule has 1 aromatic heterocycles. The van der Waals surface area contributed by atoms with Crippen molar-refractivity contribution in [1.29, 1.82) is 0 Å². The Morgan fingerprint density at radius 3 is 2.66 bits per heavy atom. The Morgan fingerprint density at radius 2 is 1.91 bits per heavy atom. The molecule has 0 bridgehead atoms. The van der Waals surface area contributed by atoms with Gasteiger partial charge >= 0.3 is 0 Å². The summed E-state index contributed by atoms with van der Waals surface area (Å²) in [5.41, 5.74) is 1.79. The van der Waals surface area contributed by atoms with E-state index in [1.807, 2.05) is 41.8 Å². The number of carbonyl (C=O) groups is 2. The fourth-order valence-corrected chi connectivity index (χ4v) is 5.82. The molecule has 3 fully saturated rings. The number of carbonyl (C=O) groups excluding carboxylic acids is 2. The number of anilines is 1. The molecule has 3 aliphatic rings. The fourth-order valence-electron chi connectivity index (χ4n) is 5.82. The van der Waals surface area contributed by atoms with E-state index in [2.05, 4.69) is 4.90 Å². The molecule has 1 aromatic carbocycles. The van der Waals surface area contributed by atoms with Crippen LogP contribution in [0.5, 0.6) is 5.75 Å². The third-order valence-corrected chi connectivity index (χ3v) is 7.86. The molecule has 0 radical (unpaired) electrons. The number of aryl methyl sites for hydroxylation is 1. The molecule has 0 unspecified atom stereocenters. The van der Waals surface area contributed by atoms with Crippen LogP contribution in [0.3, 0.4) is 0 Å². The maximum absolute atomic E-state index is 13.5. The quantitative estimate of drug-likeness (QED) is 0.604. The first kappa shape index (κ1) is 23.8. The van der Waals surface area contributed by atoms with Crippen molar-refractivity contribution in [2.24, 2.45) is 5.92 Å². The number of nitrogens with zero attached hydrogens (tertiary/aromatic N) is 5. The lowest BCUT2D eigenvalue weighted by molar-refractivity contribution is -0.133. The fraction of sp³-hybridized carbons (Fsp3) is 0.630. The van der Waals surface area contributed by atoms with Crippen LogP contribution >= 0.6 is 0 Å². The van der Waals surface area contributed by atoms with E-state index in [0.29, 0.717) is 30.8 Å². The van der Waals surface area contributed by atoms with E-state index < -0.39 is 0 Å². The SMILES string of the molecule is CCOc1ccc2nc(N3CCC[C@H]3C(=O)N3CCC(CCN4CCCC4=O)CC3)nc(C)c2c1. The lowest BCUT2D eigenvalue weighted by atomic mass is 9.93. The average Bonchev–Trinajstić information content (AvgIpc) is 3.52. The average molecular weight is 480 g/mol. The standard InChI is InChI=1S/C27H37N5O3/c1-3-35-21-8-9-23-22(18-21)19(2)28-27(29-23)32-14-4-6-24(32)26(34)31-16-11-20(12-17-31)10-15-30-13-5-7-25(30)33/h8-9,18,20,24H,3-7,10-17H2,1-2H3/t24-/m0/s1. The second kappa shape index (κ2) is 10.4. The Kier molecular flexibility index (Phi) is 7.07. The van der Waals surface area contributed by atoms with Crippen LogP contribution in [0, 0.1) is 12.8 Å². The van der Waals surface area contributed by atoms with E-state index in [-0.39, 0.29) is 11.9 Å². The van der Waals surface area contributed by atoms with Gasteiger partial charge in [0.25, 0.3) is 0 Å². The Balaban J connectivity index is 1.22. The number of piperidine rings is 1. The number of hydrogen-bond donors (Lipinski definition) is 0. The third-order valence-electron chi connectivity index (χ3n) is 7.86. The molecule has 4 heterocycles. The molecule has 3 aliphatic heterocycles. The summed E-state index contributed by atoms with van der Waals surface area (Å²) in [5, 5.41) is 0.986. The van der Waals surface area contributed by atoms with Gasteiger partial charge < -0.3 is 19.4 Å². The van der Waals surface area contributed by atoms with E-state index >= 15 is 0 Å². The van der Waals surface area contributed by atoms with Gasteiger partial charge in [0.15, 0.2) is 0 Å². The molecule has 3 saturated heterocycles. The molecule has 0 saturated carbocycles. The Hall–Kier alpha value is -2.90. The summed E-state index contributed by atoms with van der Waals surface area (Å²) in [7, 11) is 0. The number of rotatable bonds is 7. The number of benzene rings is 1. The van der Waals surface area contributed by atoms with Gasteiger partial charge in [0.2, 0.25) is 17.8 Å². The summed E-state index contributed by atoms with van der Waals surface area (Å²) in [6.07, 6.45) is 6.62. The van der Waals surface area contributed by atoms with Crippen LogP contribution in [0.1, 0.15) is 57.6 Å². The monoisotopic (exact) mass is 479 g/mol. The molecule has 0 aliphatic carbocycles. The third kappa shape index (κ3) is 5.07. The number of likely N-dealkylation sites (tertiary alicyclic amines) is 2. The molecule has 1 atom stereocenters. The molecule has 35 heavy (non-hydrogen) atoms. The summed E-state index contributed by atoms with van der Waals surface area (Å²) in [4.78, 5) is 41.2. The van der Waals surface area contributed by atoms with Crippen LogP contribution < -0.4 is 9.64 Å². The van der Waals surface area contributed by atoms with Gasteiger partial charge in [0, 0.05) is 44.5 Å². The van der Waals surface area contributed by atoms with Gasteiger partial charge in [-0.3, -0.25) is 9.59 Å². The Morgan fingerprint density at radius 1 is 1.09 bits per heavy atom. The molecular formula is C27H37N5O3. The zero-order chi connectivity index (χ0) is 24.4. The summed E-state index contributed by atoms with van der Waals surface area (Å²) in [6.45, 7) is 8.79. The van der Waals surface area contributed by atoms with Gasteiger partial charge in [-0.15, -0.1) is 0 Å². The highest BCUT2D eigenvalue weighted by molar-refractivity contribution is 5.87. The number of fused-ring (bicyclic) bond motifs is 1. The first-order chi connectivity index (χ1) is 17.0.